The molecule has 0 fully saturated rings. The van der Waals surface area contributed by atoms with Gasteiger partial charge in [0.2, 0.25) is 5.88 Å². The number of amides is 1. The number of hydrogen-bond donors (Lipinski definition) is 2. The molecule has 0 atom stereocenters. The number of nitrogens with zero attached hydrogens (tertiary/aromatic N) is 2. The second-order valence-electron chi connectivity index (χ2n) is 8.37. The Bertz CT molecular complexity index is 1790. The number of aldehydes is 1. The van der Waals surface area contributed by atoms with Crippen molar-refractivity contribution < 1.29 is 14.7 Å². The van der Waals surface area contributed by atoms with Gasteiger partial charge in [0.15, 0.2) is 6.29 Å². The monoisotopic (exact) mass is 617 g/mol. The van der Waals surface area contributed by atoms with E-state index in [-0.39, 0.29) is 38.5 Å². The van der Waals surface area contributed by atoms with Crippen LogP contribution in [0, 0.1) is 0 Å². The summed E-state index contributed by atoms with van der Waals surface area (Å²) >= 11 is 25.0. The van der Waals surface area contributed by atoms with Crippen molar-refractivity contribution in [2.45, 2.75) is 6.54 Å². The van der Waals surface area contributed by atoms with Gasteiger partial charge in [-0.1, -0.05) is 63.8 Å². The van der Waals surface area contributed by atoms with E-state index in [9.17, 15) is 19.5 Å². The third-order valence-corrected chi connectivity index (χ3v) is 8.38. The van der Waals surface area contributed by atoms with E-state index in [1.54, 1.807) is 48.7 Å². The van der Waals surface area contributed by atoms with E-state index >= 15 is 0 Å². The van der Waals surface area contributed by atoms with Gasteiger partial charge in [-0.15, -0.1) is 0 Å². The summed E-state index contributed by atoms with van der Waals surface area (Å²) in [7, 11) is 0. The van der Waals surface area contributed by atoms with Crippen LogP contribution in [0.2, 0.25) is 20.1 Å². The maximum atomic E-state index is 12.9. The normalized spacial score (nSPS) is 13.1. The lowest BCUT2D eigenvalue weighted by Crippen LogP contribution is -2.14. The van der Waals surface area contributed by atoms with Crippen molar-refractivity contribution in [3.8, 4) is 5.88 Å². The number of carbonyl (C=O) groups is 2. The Balaban J connectivity index is 1.42. The lowest BCUT2D eigenvalue weighted by Gasteiger charge is -2.10. The third kappa shape index (κ3) is 5.39. The molecule has 0 bridgehead atoms. The molecule has 0 aliphatic carbocycles. The van der Waals surface area contributed by atoms with E-state index < -0.39 is 5.91 Å². The van der Waals surface area contributed by atoms with Gasteiger partial charge in [-0.3, -0.25) is 23.9 Å². The lowest BCUT2D eigenvalue weighted by atomic mass is 10.0. The van der Waals surface area contributed by atoms with Gasteiger partial charge in [0, 0.05) is 28.6 Å². The molecule has 2 heterocycles. The zero-order valence-electron chi connectivity index (χ0n) is 19.5. The zero-order chi connectivity index (χ0) is 27.8. The van der Waals surface area contributed by atoms with Crippen molar-refractivity contribution in [2.75, 3.05) is 5.32 Å². The minimum Gasteiger partial charge on any atom is -0.493 e. The molecule has 1 aliphatic heterocycles. The van der Waals surface area contributed by atoms with Crippen LogP contribution in [0.4, 0.5) is 11.4 Å². The molecule has 3 aromatic carbocycles. The average molecular weight is 619 g/mol. The largest absolute Gasteiger partial charge is 0.493 e. The molecule has 2 N–H and O–H groups in total. The van der Waals surface area contributed by atoms with Crippen molar-refractivity contribution in [3.63, 3.8) is 0 Å². The predicted molar refractivity (Wildman–Crippen MR) is 158 cm³/mol. The zero-order valence-corrected chi connectivity index (χ0v) is 23.4. The van der Waals surface area contributed by atoms with Crippen molar-refractivity contribution >= 4 is 99.2 Å². The number of anilines is 1. The number of aromatic nitrogens is 1. The quantitative estimate of drug-likeness (QED) is 0.217. The fraction of sp³-hybridized carbons (Fsp3) is 0.0370. The van der Waals surface area contributed by atoms with E-state index in [2.05, 4.69) is 10.3 Å². The lowest BCUT2D eigenvalue weighted by molar-refractivity contribution is 0.101. The van der Waals surface area contributed by atoms with Gasteiger partial charge in [-0.2, -0.15) is 0 Å². The topological polar surface area (TPSA) is 101 Å². The van der Waals surface area contributed by atoms with E-state index in [4.69, 9.17) is 46.4 Å². The number of nitrogens with one attached hydrogen (secondary N) is 1. The number of thiazole rings is 1. The Kier molecular flexibility index (Phi) is 7.66. The highest BCUT2D eigenvalue weighted by molar-refractivity contribution is 7.10. The molecule has 7 nitrogen and oxygen atoms in total. The summed E-state index contributed by atoms with van der Waals surface area (Å²) in [5.41, 5.74) is 3.15. The van der Waals surface area contributed by atoms with Gasteiger partial charge in [-0.05, 0) is 54.1 Å². The minimum atomic E-state index is -0.546. The Morgan fingerprint density at radius 2 is 1.79 bits per heavy atom. The Morgan fingerprint density at radius 3 is 2.54 bits per heavy atom. The number of aliphatic imine (C=N–C) groups is 1. The highest BCUT2D eigenvalue weighted by atomic mass is 35.5. The van der Waals surface area contributed by atoms with Crippen molar-refractivity contribution in [1.82, 2.24) is 4.57 Å². The molecular weight excluding hydrogens is 604 g/mol. The first-order valence-corrected chi connectivity index (χ1v) is 13.5. The van der Waals surface area contributed by atoms with E-state index in [1.165, 1.54) is 16.7 Å². The molecule has 196 valence electrons. The standard InChI is InChI=1S/C27H15Cl4N3O4S/c28-19-4-1-13(7-21(19)30)11-34-26(37)23(39-27(34)38)8-14-10-32-22-6-2-15(9-17(14)22)33-25(36)16-3-5-20(29)24(31)18(16)12-35/h1-10,12,37H,11H2,(H,33,36). The van der Waals surface area contributed by atoms with Crippen LogP contribution in [-0.4, -0.2) is 28.1 Å². The highest BCUT2D eigenvalue weighted by Crippen LogP contribution is 2.37. The number of allylic oxidation sites excluding steroid dienone is 1. The number of hydrogen-bond acceptors (Lipinski definition) is 6. The molecule has 0 saturated heterocycles. The Labute approximate surface area is 245 Å². The van der Waals surface area contributed by atoms with Crippen LogP contribution in [0.5, 0.6) is 5.88 Å². The molecule has 39 heavy (non-hydrogen) atoms. The number of rotatable bonds is 6. The molecule has 4 aromatic rings. The first kappa shape index (κ1) is 27.2. The molecule has 1 amide bonds. The maximum Gasteiger partial charge on any atom is 0.310 e. The maximum absolute atomic E-state index is 12.9. The summed E-state index contributed by atoms with van der Waals surface area (Å²) in [4.78, 5) is 41.4. The fourth-order valence-electron chi connectivity index (χ4n) is 3.97. The third-order valence-electron chi connectivity index (χ3n) is 5.91. The second-order valence-corrected chi connectivity index (χ2v) is 11.0. The van der Waals surface area contributed by atoms with Gasteiger partial charge >= 0.3 is 4.87 Å². The summed E-state index contributed by atoms with van der Waals surface area (Å²) in [5, 5.41) is 14.5. The first-order chi connectivity index (χ1) is 18.7. The number of halogens is 4. The summed E-state index contributed by atoms with van der Waals surface area (Å²) in [6.07, 6.45) is 3.73. The summed E-state index contributed by atoms with van der Waals surface area (Å²) in [6.45, 7) is 0.111. The van der Waals surface area contributed by atoms with Crippen molar-refractivity contribution in [1.29, 1.82) is 0 Å². The van der Waals surface area contributed by atoms with Crippen molar-refractivity contribution in [3.05, 3.63) is 105 Å². The molecule has 0 unspecified atom stereocenters. The minimum absolute atomic E-state index is 0.00298. The molecule has 0 radical (unpaired) electrons. The van der Waals surface area contributed by atoms with Gasteiger partial charge in [0.25, 0.3) is 5.91 Å². The van der Waals surface area contributed by atoms with Crippen molar-refractivity contribution in [2.24, 2.45) is 4.99 Å². The van der Waals surface area contributed by atoms with Crippen LogP contribution in [0.25, 0.3) is 11.6 Å². The smallest absolute Gasteiger partial charge is 0.310 e. The number of benzene rings is 3. The second kappa shape index (κ2) is 11.0. The molecule has 12 heteroatoms. The number of carbonyl (C=O) groups excluding carboxylic acids is 2. The molecular formula is C27H15Cl4N3O4S. The Morgan fingerprint density at radius 1 is 1.03 bits per heavy atom. The van der Waals surface area contributed by atoms with Crippen LogP contribution in [0.3, 0.4) is 0 Å². The van der Waals surface area contributed by atoms with E-state index in [1.807, 2.05) is 0 Å². The van der Waals surface area contributed by atoms with Crippen LogP contribution in [-0.2, 0) is 6.54 Å². The fourth-order valence-corrected chi connectivity index (χ4v) is 5.50. The van der Waals surface area contributed by atoms with Crippen LogP contribution >= 0.6 is 57.7 Å². The Hall–Kier alpha value is -3.40. The molecule has 1 aliphatic rings. The predicted octanol–water partition coefficient (Wildman–Crippen LogP) is 7.60. The van der Waals surface area contributed by atoms with Gasteiger partial charge in [-0.25, -0.2) is 0 Å². The van der Waals surface area contributed by atoms with Gasteiger partial charge in [0.05, 0.1) is 42.8 Å². The average Bonchev–Trinajstić information content (AvgIpc) is 3.42. The van der Waals surface area contributed by atoms with E-state index in [0.717, 1.165) is 11.3 Å². The number of aromatic hydroxyl groups is 1. The summed E-state index contributed by atoms with van der Waals surface area (Å²) < 4.78 is 1.24. The van der Waals surface area contributed by atoms with Gasteiger partial charge < -0.3 is 10.4 Å². The summed E-state index contributed by atoms with van der Waals surface area (Å²) in [5.74, 6) is -0.744. The number of fused-ring (bicyclic) bond motifs is 1. The molecule has 1 aromatic heterocycles. The molecule has 5 rings (SSSR count). The van der Waals surface area contributed by atoms with Crippen LogP contribution < -0.4 is 10.2 Å². The van der Waals surface area contributed by atoms with E-state index in [0.29, 0.717) is 49.3 Å². The molecule has 0 saturated carbocycles. The molecule has 0 spiro atoms. The highest BCUT2D eigenvalue weighted by Gasteiger charge is 2.20. The summed E-state index contributed by atoms with van der Waals surface area (Å²) in [6, 6.07) is 12.9. The first-order valence-electron chi connectivity index (χ1n) is 11.2. The van der Waals surface area contributed by atoms with Crippen LogP contribution in [0.1, 0.15) is 36.7 Å². The van der Waals surface area contributed by atoms with Crippen LogP contribution in [0.15, 0.2) is 58.3 Å². The SMILES string of the molecule is O=Cc1c(C(=O)Nc2ccc3c(c2)C(=Cc2sc(=O)n(Cc4ccc(Cl)c(Cl)c4)c2O)C=N3)ccc(Cl)c1Cl. The van der Waals surface area contributed by atoms with Gasteiger partial charge in [0.1, 0.15) is 0 Å².